The van der Waals surface area contributed by atoms with Crippen LogP contribution in [0.2, 0.25) is 0 Å². The molecule has 4 nitrogen and oxygen atoms in total. The third-order valence-corrected chi connectivity index (χ3v) is 3.35. The van der Waals surface area contributed by atoms with E-state index >= 15 is 0 Å². The van der Waals surface area contributed by atoms with Crippen molar-refractivity contribution >= 4 is 12.2 Å². The smallest absolute Gasteiger partial charge is 0.133 e. The molecule has 0 amide bonds. The first-order chi connectivity index (χ1) is 9.08. The van der Waals surface area contributed by atoms with Crippen molar-refractivity contribution in [3.63, 3.8) is 0 Å². The molecule has 1 aromatic carbocycles. The molecule has 0 radical (unpaired) electrons. The van der Waals surface area contributed by atoms with Crippen molar-refractivity contribution in [2.24, 2.45) is 0 Å². The van der Waals surface area contributed by atoms with Crippen molar-refractivity contribution < 1.29 is 9.47 Å². The Morgan fingerprint density at radius 3 is 2.21 bits per heavy atom. The Bertz CT molecular complexity index is 643. The molecule has 19 heavy (non-hydrogen) atoms. The van der Waals surface area contributed by atoms with Gasteiger partial charge in [-0.25, -0.2) is 4.98 Å². The number of aromatic nitrogens is 2. The molecule has 1 aromatic heterocycles. The molecular formula is C14H16N2O2S. The predicted octanol–water partition coefficient (Wildman–Crippen LogP) is 3.44. The first-order valence-corrected chi connectivity index (χ1v) is 6.28. The van der Waals surface area contributed by atoms with Crippen LogP contribution in [0.15, 0.2) is 18.2 Å². The number of ether oxygens (including phenoxy) is 2. The molecule has 0 bridgehead atoms. The van der Waals surface area contributed by atoms with E-state index in [-0.39, 0.29) is 0 Å². The van der Waals surface area contributed by atoms with E-state index in [4.69, 9.17) is 21.7 Å². The van der Waals surface area contributed by atoms with Gasteiger partial charge >= 0.3 is 0 Å². The minimum Gasteiger partial charge on any atom is -0.496 e. The van der Waals surface area contributed by atoms with E-state index in [0.717, 1.165) is 34.1 Å². The third-order valence-electron chi connectivity index (χ3n) is 2.95. The number of aryl methyl sites for hydroxylation is 1. The van der Waals surface area contributed by atoms with Crippen molar-refractivity contribution in [3.8, 4) is 22.8 Å². The Hall–Kier alpha value is -1.88. The lowest BCUT2D eigenvalue weighted by molar-refractivity contribution is 0.397. The normalized spacial score (nSPS) is 10.3. The van der Waals surface area contributed by atoms with Gasteiger partial charge in [0, 0.05) is 5.56 Å². The summed E-state index contributed by atoms with van der Waals surface area (Å²) in [4.78, 5) is 7.49. The van der Waals surface area contributed by atoms with Gasteiger partial charge in [-0.15, -0.1) is 0 Å². The molecule has 1 heterocycles. The van der Waals surface area contributed by atoms with Gasteiger partial charge in [0.25, 0.3) is 0 Å². The number of hydrogen-bond donors (Lipinski definition) is 1. The lowest BCUT2D eigenvalue weighted by Crippen LogP contribution is -2.00. The quantitative estimate of drug-likeness (QED) is 0.872. The summed E-state index contributed by atoms with van der Waals surface area (Å²) in [6, 6.07) is 5.67. The molecule has 0 spiro atoms. The van der Waals surface area contributed by atoms with E-state index in [2.05, 4.69) is 9.97 Å². The summed E-state index contributed by atoms with van der Waals surface area (Å²) in [6.45, 7) is 3.81. The highest BCUT2D eigenvalue weighted by Crippen LogP contribution is 2.38. The zero-order valence-electron chi connectivity index (χ0n) is 11.4. The zero-order valence-corrected chi connectivity index (χ0v) is 12.2. The lowest BCUT2D eigenvalue weighted by atomic mass is 10.1. The molecule has 0 saturated heterocycles. The highest BCUT2D eigenvalue weighted by Gasteiger charge is 2.16. The van der Waals surface area contributed by atoms with Crippen LogP contribution in [0.1, 0.15) is 11.4 Å². The number of rotatable bonds is 3. The minimum absolute atomic E-state index is 0.583. The van der Waals surface area contributed by atoms with E-state index in [1.165, 1.54) is 0 Å². The first kappa shape index (κ1) is 13.5. The van der Waals surface area contributed by atoms with E-state index in [0.29, 0.717) is 4.64 Å². The number of aromatic amines is 1. The highest BCUT2D eigenvalue weighted by molar-refractivity contribution is 7.71. The fourth-order valence-corrected chi connectivity index (χ4v) is 2.23. The Morgan fingerprint density at radius 1 is 1.11 bits per heavy atom. The van der Waals surface area contributed by atoms with Crippen molar-refractivity contribution in [3.05, 3.63) is 34.2 Å². The van der Waals surface area contributed by atoms with E-state index in [1.54, 1.807) is 14.2 Å². The first-order valence-electron chi connectivity index (χ1n) is 5.87. The number of benzene rings is 1. The van der Waals surface area contributed by atoms with Gasteiger partial charge in [-0.2, -0.15) is 0 Å². The Balaban J connectivity index is 2.81. The van der Waals surface area contributed by atoms with Gasteiger partial charge in [-0.05, 0) is 26.0 Å². The molecule has 0 fully saturated rings. The van der Waals surface area contributed by atoms with Gasteiger partial charge in [0.2, 0.25) is 0 Å². The van der Waals surface area contributed by atoms with Gasteiger partial charge in [0.05, 0.1) is 25.5 Å². The van der Waals surface area contributed by atoms with Crippen molar-refractivity contribution in [2.45, 2.75) is 13.8 Å². The zero-order chi connectivity index (χ0) is 14.0. The summed E-state index contributed by atoms with van der Waals surface area (Å²) in [6.07, 6.45) is 0. The fourth-order valence-electron chi connectivity index (χ4n) is 1.99. The summed E-state index contributed by atoms with van der Waals surface area (Å²) in [5.74, 6) is 2.23. The van der Waals surface area contributed by atoms with Gasteiger partial charge in [-0.3, -0.25) is 0 Å². The maximum atomic E-state index is 5.42. The second-order valence-corrected chi connectivity index (χ2v) is 4.55. The van der Waals surface area contributed by atoms with Gasteiger partial charge in [0.15, 0.2) is 0 Å². The maximum absolute atomic E-state index is 5.42. The van der Waals surface area contributed by atoms with E-state index < -0.39 is 0 Å². The van der Waals surface area contributed by atoms with E-state index in [1.807, 2.05) is 32.0 Å². The van der Waals surface area contributed by atoms with Gasteiger partial charge < -0.3 is 14.5 Å². The lowest BCUT2D eigenvalue weighted by Gasteiger charge is -2.15. The Kier molecular flexibility index (Phi) is 3.85. The minimum atomic E-state index is 0.583. The molecule has 0 unspecified atom stereocenters. The number of methoxy groups -OCH3 is 2. The number of nitrogens with one attached hydrogen (secondary N) is 1. The second kappa shape index (κ2) is 5.40. The van der Waals surface area contributed by atoms with E-state index in [9.17, 15) is 0 Å². The largest absolute Gasteiger partial charge is 0.496 e. The standard InChI is InChI=1S/C14H16N2O2S/c1-8-13(15-9(2)16-14(8)19)12-10(17-3)6-5-7-11(12)18-4/h5-7H,1-4H3,(H,15,16,19). The van der Waals surface area contributed by atoms with Crippen molar-refractivity contribution in [1.82, 2.24) is 9.97 Å². The molecule has 0 aliphatic rings. The summed E-state index contributed by atoms with van der Waals surface area (Å²) in [5.41, 5.74) is 2.65. The summed E-state index contributed by atoms with van der Waals surface area (Å²) in [5, 5.41) is 0. The SMILES string of the molecule is COc1cccc(OC)c1-c1[nH]c(C)nc(=S)c1C. The predicted molar refractivity (Wildman–Crippen MR) is 77.4 cm³/mol. The molecule has 5 heteroatoms. The van der Waals surface area contributed by atoms with Crippen molar-refractivity contribution in [2.75, 3.05) is 14.2 Å². The van der Waals surface area contributed by atoms with Crippen molar-refractivity contribution in [1.29, 1.82) is 0 Å². The molecule has 0 aliphatic heterocycles. The highest BCUT2D eigenvalue weighted by atomic mass is 32.1. The van der Waals surface area contributed by atoms with Crippen LogP contribution in [-0.2, 0) is 0 Å². The molecule has 100 valence electrons. The molecule has 1 N–H and O–H groups in total. The van der Waals surface area contributed by atoms with Gasteiger partial charge in [0.1, 0.15) is 22.0 Å². The number of hydrogen-bond acceptors (Lipinski definition) is 4. The summed E-state index contributed by atoms with van der Waals surface area (Å²) in [7, 11) is 3.27. The van der Waals surface area contributed by atoms with Crippen LogP contribution < -0.4 is 9.47 Å². The molecule has 0 atom stereocenters. The van der Waals surface area contributed by atoms with Crippen LogP contribution in [-0.4, -0.2) is 24.2 Å². The van der Waals surface area contributed by atoms with Gasteiger partial charge in [-0.1, -0.05) is 18.3 Å². The fraction of sp³-hybridized carbons (Fsp3) is 0.286. The van der Waals surface area contributed by atoms with Crippen LogP contribution in [0.3, 0.4) is 0 Å². The van der Waals surface area contributed by atoms with Crippen LogP contribution in [0.25, 0.3) is 11.3 Å². The van der Waals surface area contributed by atoms with Crippen LogP contribution in [0.5, 0.6) is 11.5 Å². The molecule has 0 aliphatic carbocycles. The Morgan fingerprint density at radius 2 is 1.68 bits per heavy atom. The average molecular weight is 276 g/mol. The summed E-state index contributed by atoms with van der Waals surface area (Å²) >= 11 is 5.27. The van der Waals surface area contributed by atoms with Crippen LogP contribution in [0.4, 0.5) is 0 Å². The number of nitrogens with zero attached hydrogens (tertiary/aromatic N) is 1. The topological polar surface area (TPSA) is 47.1 Å². The second-order valence-electron chi connectivity index (χ2n) is 4.16. The van der Waals surface area contributed by atoms with Crippen LogP contribution in [0, 0.1) is 18.5 Å². The third kappa shape index (κ3) is 2.46. The summed E-state index contributed by atoms with van der Waals surface area (Å²) < 4.78 is 11.4. The molecular weight excluding hydrogens is 260 g/mol. The molecule has 2 rings (SSSR count). The Labute approximate surface area is 117 Å². The van der Waals surface area contributed by atoms with Crippen LogP contribution >= 0.6 is 12.2 Å². The average Bonchev–Trinajstić information content (AvgIpc) is 2.41. The monoisotopic (exact) mass is 276 g/mol. The molecule has 0 saturated carbocycles. The number of H-pyrrole nitrogens is 1. The maximum Gasteiger partial charge on any atom is 0.133 e. The molecule has 2 aromatic rings.